The molecule has 1 fully saturated rings. The van der Waals surface area contributed by atoms with Crippen molar-refractivity contribution in [2.24, 2.45) is 11.7 Å². The number of aromatic nitrogens is 2. The highest BCUT2D eigenvalue weighted by atomic mass is 79.9. The second-order valence-corrected chi connectivity index (χ2v) is 4.94. The van der Waals surface area contributed by atoms with Crippen molar-refractivity contribution in [3.05, 3.63) is 15.9 Å². The number of primary amides is 1. The summed E-state index contributed by atoms with van der Waals surface area (Å²) >= 11 is 3.31. The first-order valence-electron chi connectivity index (χ1n) is 5.29. The molecular weight excluding hydrogens is 288 g/mol. The molecular formula is C10H13BrN4O2. The van der Waals surface area contributed by atoms with Crippen LogP contribution in [0.25, 0.3) is 0 Å². The Hall–Kier alpha value is -1.37. The standard InChI is InChI=1S/C10H13BrN4O2/c1-5-7(11)8(14-13-5)10(17)15-3-2-6(4-15)9(12)16/h6H,2-4H2,1H3,(H2,12,16)(H,13,14). The number of rotatable bonds is 2. The van der Waals surface area contributed by atoms with Gasteiger partial charge in [0.25, 0.3) is 5.91 Å². The Morgan fingerprint density at radius 1 is 1.59 bits per heavy atom. The van der Waals surface area contributed by atoms with E-state index in [0.29, 0.717) is 29.7 Å². The summed E-state index contributed by atoms with van der Waals surface area (Å²) in [5.41, 5.74) is 6.38. The van der Waals surface area contributed by atoms with Crippen molar-refractivity contribution in [1.29, 1.82) is 0 Å². The molecule has 2 heterocycles. The Balaban J connectivity index is 2.12. The highest BCUT2D eigenvalue weighted by Gasteiger charge is 2.32. The highest BCUT2D eigenvalue weighted by Crippen LogP contribution is 2.23. The van der Waals surface area contributed by atoms with Gasteiger partial charge in [-0.25, -0.2) is 0 Å². The van der Waals surface area contributed by atoms with E-state index in [2.05, 4.69) is 26.1 Å². The van der Waals surface area contributed by atoms with Crippen molar-refractivity contribution in [3.63, 3.8) is 0 Å². The smallest absolute Gasteiger partial charge is 0.275 e. The molecule has 0 aromatic carbocycles. The minimum absolute atomic E-state index is 0.176. The molecule has 0 aliphatic carbocycles. The van der Waals surface area contributed by atoms with Crippen LogP contribution in [0, 0.1) is 12.8 Å². The fourth-order valence-electron chi connectivity index (χ4n) is 1.88. The van der Waals surface area contributed by atoms with Crippen LogP contribution < -0.4 is 5.73 Å². The topological polar surface area (TPSA) is 92.1 Å². The molecule has 7 heteroatoms. The van der Waals surface area contributed by atoms with Crippen LogP contribution in [0.5, 0.6) is 0 Å². The number of carbonyl (C=O) groups is 2. The summed E-state index contributed by atoms with van der Waals surface area (Å²) in [7, 11) is 0. The average Bonchev–Trinajstić information content (AvgIpc) is 2.87. The van der Waals surface area contributed by atoms with Gasteiger partial charge in [0.05, 0.1) is 10.4 Å². The zero-order valence-electron chi connectivity index (χ0n) is 9.36. The molecule has 6 nitrogen and oxygen atoms in total. The number of hydrogen-bond donors (Lipinski definition) is 2. The van der Waals surface area contributed by atoms with E-state index >= 15 is 0 Å². The first kappa shape index (κ1) is 12.1. The first-order chi connectivity index (χ1) is 8.00. The number of H-pyrrole nitrogens is 1. The Labute approximate surface area is 107 Å². The monoisotopic (exact) mass is 300 g/mol. The second-order valence-electron chi connectivity index (χ2n) is 4.15. The van der Waals surface area contributed by atoms with E-state index in [9.17, 15) is 9.59 Å². The van der Waals surface area contributed by atoms with Crippen LogP contribution in [-0.4, -0.2) is 40.0 Å². The van der Waals surface area contributed by atoms with E-state index in [1.807, 2.05) is 6.92 Å². The van der Waals surface area contributed by atoms with Crippen LogP contribution >= 0.6 is 15.9 Å². The molecule has 1 saturated heterocycles. The number of likely N-dealkylation sites (tertiary alicyclic amines) is 1. The summed E-state index contributed by atoms with van der Waals surface area (Å²) in [6.45, 7) is 2.75. The lowest BCUT2D eigenvalue weighted by Crippen LogP contribution is -2.32. The van der Waals surface area contributed by atoms with Gasteiger partial charge in [-0.3, -0.25) is 14.7 Å². The van der Waals surface area contributed by atoms with E-state index in [1.165, 1.54) is 0 Å². The summed E-state index contributed by atoms with van der Waals surface area (Å²) in [6, 6.07) is 0. The first-order valence-corrected chi connectivity index (χ1v) is 6.09. The van der Waals surface area contributed by atoms with Gasteiger partial charge < -0.3 is 10.6 Å². The maximum Gasteiger partial charge on any atom is 0.275 e. The summed E-state index contributed by atoms with van der Waals surface area (Å²) in [5, 5.41) is 6.69. The maximum atomic E-state index is 12.1. The minimum Gasteiger partial charge on any atom is -0.369 e. The molecule has 92 valence electrons. The lowest BCUT2D eigenvalue weighted by molar-refractivity contribution is -0.121. The lowest BCUT2D eigenvalue weighted by Gasteiger charge is -2.14. The quantitative estimate of drug-likeness (QED) is 0.829. The molecule has 0 bridgehead atoms. The van der Waals surface area contributed by atoms with E-state index < -0.39 is 0 Å². The molecule has 3 N–H and O–H groups in total. The Morgan fingerprint density at radius 3 is 2.76 bits per heavy atom. The number of aryl methyl sites for hydroxylation is 1. The number of nitrogens with one attached hydrogen (secondary N) is 1. The van der Waals surface area contributed by atoms with Crippen LogP contribution in [0.3, 0.4) is 0 Å². The molecule has 1 unspecified atom stereocenters. The molecule has 0 saturated carbocycles. The van der Waals surface area contributed by atoms with Crippen molar-refractivity contribution in [1.82, 2.24) is 15.1 Å². The SMILES string of the molecule is Cc1[nH]nc(C(=O)N2CCC(C(N)=O)C2)c1Br. The number of carbonyl (C=O) groups excluding carboxylic acids is 2. The fraction of sp³-hybridized carbons (Fsp3) is 0.500. The van der Waals surface area contributed by atoms with Crippen LogP contribution in [-0.2, 0) is 4.79 Å². The highest BCUT2D eigenvalue weighted by molar-refractivity contribution is 9.10. The van der Waals surface area contributed by atoms with E-state index in [1.54, 1.807) is 4.90 Å². The van der Waals surface area contributed by atoms with Crippen molar-refractivity contribution < 1.29 is 9.59 Å². The lowest BCUT2D eigenvalue weighted by atomic mass is 10.1. The Bertz CT molecular complexity index is 471. The van der Waals surface area contributed by atoms with Gasteiger partial charge in [0.15, 0.2) is 5.69 Å². The molecule has 1 aromatic rings. The molecule has 0 radical (unpaired) electrons. The van der Waals surface area contributed by atoms with Crippen molar-refractivity contribution in [3.8, 4) is 0 Å². The Morgan fingerprint density at radius 2 is 2.29 bits per heavy atom. The number of nitrogens with zero attached hydrogens (tertiary/aromatic N) is 2. The van der Waals surface area contributed by atoms with Crippen LogP contribution in [0.4, 0.5) is 0 Å². The fourth-order valence-corrected chi connectivity index (χ4v) is 2.23. The predicted octanol–water partition coefficient (Wildman–Crippen LogP) is 0.428. The maximum absolute atomic E-state index is 12.1. The predicted molar refractivity (Wildman–Crippen MR) is 64.2 cm³/mol. The molecule has 1 aliphatic heterocycles. The second kappa shape index (κ2) is 4.48. The van der Waals surface area contributed by atoms with Gasteiger partial charge in [-0.2, -0.15) is 5.10 Å². The van der Waals surface area contributed by atoms with E-state index in [-0.39, 0.29) is 17.7 Å². The molecule has 2 rings (SSSR count). The molecule has 1 aliphatic rings. The van der Waals surface area contributed by atoms with E-state index in [0.717, 1.165) is 5.69 Å². The number of amides is 2. The largest absolute Gasteiger partial charge is 0.369 e. The van der Waals surface area contributed by atoms with Gasteiger partial charge in [0.1, 0.15) is 0 Å². The third kappa shape index (κ3) is 2.19. The molecule has 1 atom stereocenters. The zero-order valence-corrected chi connectivity index (χ0v) is 11.0. The summed E-state index contributed by atoms with van der Waals surface area (Å²) in [5.74, 6) is -0.764. The number of halogens is 1. The number of aromatic amines is 1. The number of nitrogens with two attached hydrogens (primary N) is 1. The summed E-state index contributed by atoms with van der Waals surface area (Å²) in [6.07, 6.45) is 0.627. The van der Waals surface area contributed by atoms with Crippen LogP contribution in [0.2, 0.25) is 0 Å². The van der Waals surface area contributed by atoms with Gasteiger partial charge in [0.2, 0.25) is 5.91 Å². The number of hydrogen-bond acceptors (Lipinski definition) is 3. The minimum atomic E-state index is -0.349. The normalized spacial score (nSPS) is 19.6. The van der Waals surface area contributed by atoms with Crippen molar-refractivity contribution in [2.75, 3.05) is 13.1 Å². The summed E-state index contributed by atoms with van der Waals surface area (Å²) in [4.78, 5) is 24.7. The van der Waals surface area contributed by atoms with Gasteiger partial charge >= 0.3 is 0 Å². The Kier molecular flexibility index (Phi) is 3.19. The van der Waals surface area contributed by atoms with Crippen molar-refractivity contribution >= 4 is 27.7 Å². The van der Waals surface area contributed by atoms with Crippen LogP contribution in [0.1, 0.15) is 22.6 Å². The van der Waals surface area contributed by atoms with E-state index in [4.69, 9.17) is 5.73 Å². The van der Waals surface area contributed by atoms with Gasteiger partial charge in [-0.05, 0) is 29.3 Å². The summed E-state index contributed by atoms with van der Waals surface area (Å²) < 4.78 is 0.671. The van der Waals surface area contributed by atoms with Crippen LogP contribution in [0.15, 0.2) is 4.47 Å². The molecule has 1 aromatic heterocycles. The van der Waals surface area contributed by atoms with Gasteiger partial charge in [-0.1, -0.05) is 0 Å². The average molecular weight is 301 g/mol. The molecule has 2 amide bonds. The van der Waals surface area contributed by atoms with Crippen molar-refractivity contribution in [2.45, 2.75) is 13.3 Å². The zero-order chi connectivity index (χ0) is 12.6. The molecule has 0 spiro atoms. The third-order valence-electron chi connectivity index (χ3n) is 2.95. The molecule has 17 heavy (non-hydrogen) atoms. The third-order valence-corrected chi connectivity index (χ3v) is 3.92. The van der Waals surface area contributed by atoms with Gasteiger partial charge in [-0.15, -0.1) is 0 Å². The van der Waals surface area contributed by atoms with Gasteiger partial charge in [0, 0.05) is 18.8 Å².